The SMILES string of the molecule is COC(=O)C1CCN(C(=O)CSCc2ccc(F)cc2)C1. The Hall–Kier alpha value is -1.56. The van der Waals surface area contributed by atoms with Gasteiger partial charge in [-0.1, -0.05) is 12.1 Å². The number of hydrogen-bond donors (Lipinski definition) is 0. The molecule has 1 aromatic carbocycles. The minimum atomic E-state index is -0.259. The number of ether oxygens (including phenoxy) is 1. The second-order valence-corrected chi connectivity index (χ2v) is 5.95. The van der Waals surface area contributed by atoms with E-state index in [1.54, 1.807) is 17.0 Å². The van der Waals surface area contributed by atoms with Crippen molar-refractivity contribution >= 4 is 23.6 Å². The molecule has 1 aromatic rings. The first-order chi connectivity index (χ1) is 10.1. The normalized spacial score (nSPS) is 17.8. The van der Waals surface area contributed by atoms with Crippen LogP contribution in [-0.2, 0) is 20.1 Å². The fourth-order valence-electron chi connectivity index (χ4n) is 2.27. The highest BCUT2D eigenvalue weighted by Crippen LogP contribution is 2.20. The molecule has 1 atom stereocenters. The molecule has 21 heavy (non-hydrogen) atoms. The van der Waals surface area contributed by atoms with Gasteiger partial charge in [-0.2, -0.15) is 0 Å². The molecule has 0 aliphatic carbocycles. The molecule has 6 heteroatoms. The molecule has 0 bridgehead atoms. The Balaban J connectivity index is 1.73. The van der Waals surface area contributed by atoms with Crippen molar-refractivity contribution in [1.82, 2.24) is 4.90 Å². The van der Waals surface area contributed by atoms with Crippen LogP contribution >= 0.6 is 11.8 Å². The van der Waals surface area contributed by atoms with Crippen LogP contribution in [0.3, 0.4) is 0 Å². The maximum atomic E-state index is 12.8. The average Bonchev–Trinajstić information content (AvgIpc) is 2.98. The van der Waals surface area contributed by atoms with Crippen molar-refractivity contribution in [3.05, 3.63) is 35.6 Å². The summed E-state index contributed by atoms with van der Waals surface area (Å²) >= 11 is 1.49. The van der Waals surface area contributed by atoms with E-state index in [0.717, 1.165) is 5.56 Å². The topological polar surface area (TPSA) is 46.6 Å². The highest BCUT2D eigenvalue weighted by atomic mass is 32.2. The van der Waals surface area contributed by atoms with Crippen LogP contribution in [0.15, 0.2) is 24.3 Å². The molecule has 1 saturated heterocycles. The Kier molecular flexibility index (Phi) is 5.61. The third-order valence-electron chi connectivity index (χ3n) is 3.48. The van der Waals surface area contributed by atoms with Gasteiger partial charge in [-0.3, -0.25) is 9.59 Å². The van der Waals surface area contributed by atoms with Gasteiger partial charge in [-0.15, -0.1) is 11.8 Å². The Morgan fingerprint density at radius 1 is 1.38 bits per heavy atom. The summed E-state index contributed by atoms with van der Waals surface area (Å²) in [6.07, 6.45) is 0.668. The van der Waals surface area contributed by atoms with Crippen LogP contribution in [0, 0.1) is 11.7 Å². The molecule has 1 unspecified atom stereocenters. The van der Waals surface area contributed by atoms with Gasteiger partial charge >= 0.3 is 5.97 Å². The van der Waals surface area contributed by atoms with Crippen molar-refractivity contribution in [2.75, 3.05) is 26.0 Å². The number of amides is 1. The number of halogens is 1. The van der Waals surface area contributed by atoms with E-state index in [0.29, 0.717) is 31.0 Å². The number of methoxy groups -OCH3 is 1. The summed E-state index contributed by atoms with van der Waals surface area (Å²) in [6.45, 7) is 1.05. The summed E-state index contributed by atoms with van der Waals surface area (Å²) in [5, 5.41) is 0. The number of hydrogen-bond acceptors (Lipinski definition) is 4. The van der Waals surface area contributed by atoms with Crippen LogP contribution in [-0.4, -0.2) is 42.7 Å². The fourth-order valence-corrected chi connectivity index (χ4v) is 3.16. The van der Waals surface area contributed by atoms with E-state index in [9.17, 15) is 14.0 Å². The molecule has 1 aliphatic heterocycles. The molecular formula is C15H18FNO3S. The molecule has 1 aliphatic rings. The zero-order valence-corrected chi connectivity index (χ0v) is 12.7. The maximum Gasteiger partial charge on any atom is 0.310 e. The summed E-state index contributed by atoms with van der Waals surface area (Å²) in [6, 6.07) is 6.27. The Labute approximate surface area is 127 Å². The molecule has 1 heterocycles. The predicted molar refractivity (Wildman–Crippen MR) is 79.3 cm³/mol. The van der Waals surface area contributed by atoms with Gasteiger partial charge in [0, 0.05) is 18.8 Å². The lowest BCUT2D eigenvalue weighted by atomic mass is 10.1. The standard InChI is InChI=1S/C15H18FNO3S/c1-20-15(19)12-6-7-17(8-12)14(18)10-21-9-11-2-4-13(16)5-3-11/h2-5,12H,6-10H2,1H3. The van der Waals surface area contributed by atoms with Crippen LogP contribution in [0.4, 0.5) is 4.39 Å². The third kappa shape index (κ3) is 4.46. The highest BCUT2D eigenvalue weighted by Gasteiger charge is 2.31. The van der Waals surface area contributed by atoms with Gasteiger partial charge in [0.25, 0.3) is 0 Å². The van der Waals surface area contributed by atoms with E-state index in [2.05, 4.69) is 0 Å². The molecule has 0 saturated carbocycles. The minimum absolute atomic E-state index is 0.0357. The number of likely N-dealkylation sites (tertiary alicyclic amines) is 1. The molecule has 114 valence electrons. The number of nitrogens with zero attached hydrogens (tertiary/aromatic N) is 1. The second kappa shape index (κ2) is 7.45. The first-order valence-corrected chi connectivity index (χ1v) is 7.93. The minimum Gasteiger partial charge on any atom is -0.469 e. The van der Waals surface area contributed by atoms with E-state index < -0.39 is 0 Å². The summed E-state index contributed by atoms with van der Waals surface area (Å²) < 4.78 is 17.5. The summed E-state index contributed by atoms with van der Waals surface area (Å²) in [4.78, 5) is 25.2. The molecule has 0 N–H and O–H groups in total. The average molecular weight is 311 g/mol. The van der Waals surface area contributed by atoms with Gasteiger partial charge in [-0.25, -0.2) is 4.39 Å². The number of benzene rings is 1. The maximum absolute atomic E-state index is 12.8. The van der Waals surface area contributed by atoms with Gasteiger partial charge in [0.15, 0.2) is 0 Å². The number of rotatable bonds is 5. The largest absolute Gasteiger partial charge is 0.469 e. The van der Waals surface area contributed by atoms with E-state index in [-0.39, 0.29) is 23.6 Å². The molecule has 1 fully saturated rings. The van der Waals surface area contributed by atoms with Gasteiger partial charge in [0.05, 0.1) is 18.8 Å². The van der Waals surface area contributed by atoms with Crippen LogP contribution in [0.5, 0.6) is 0 Å². The van der Waals surface area contributed by atoms with Gasteiger partial charge in [-0.05, 0) is 24.1 Å². The smallest absolute Gasteiger partial charge is 0.310 e. The van der Waals surface area contributed by atoms with Crippen molar-refractivity contribution in [2.45, 2.75) is 12.2 Å². The van der Waals surface area contributed by atoms with Crippen molar-refractivity contribution in [3.8, 4) is 0 Å². The molecular weight excluding hydrogens is 293 g/mol. The van der Waals surface area contributed by atoms with Crippen LogP contribution in [0.2, 0.25) is 0 Å². The quantitative estimate of drug-likeness (QED) is 0.781. The second-order valence-electron chi connectivity index (χ2n) is 4.97. The van der Waals surface area contributed by atoms with Crippen LogP contribution in [0.1, 0.15) is 12.0 Å². The lowest BCUT2D eigenvalue weighted by Gasteiger charge is -2.15. The van der Waals surface area contributed by atoms with Gasteiger partial charge in [0.2, 0.25) is 5.91 Å². The Bertz CT molecular complexity index is 506. The molecule has 2 rings (SSSR count). The number of carbonyl (C=O) groups is 2. The van der Waals surface area contributed by atoms with Gasteiger partial charge < -0.3 is 9.64 Å². The van der Waals surface area contributed by atoms with Crippen LogP contribution < -0.4 is 0 Å². The van der Waals surface area contributed by atoms with E-state index in [1.165, 1.54) is 31.0 Å². The first kappa shape index (κ1) is 15.8. The number of thioether (sulfide) groups is 1. The van der Waals surface area contributed by atoms with Crippen molar-refractivity contribution in [2.24, 2.45) is 5.92 Å². The van der Waals surface area contributed by atoms with E-state index in [1.807, 2.05) is 0 Å². The Morgan fingerprint density at radius 2 is 2.10 bits per heavy atom. The zero-order valence-electron chi connectivity index (χ0n) is 11.9. The van der Waals surface area contributed by atoms with Gasteiger partial charge in [0.1, 0.15) is 5.82 Å². The molecule has 1 amide bonds. The number of esters is 1. The first-order valence-electron chi connectivity index (χ1n) is 6.78. The Morgan fingerprint density at radius 3 is 2.76 bits per heavy atom. The monoisotopic (exact) mass is 311 g/mol. The van der Waals surface area contributed by atoms with Crippen molar-refractivity contribution in [3.63, 3.8) is 0 Å². The molecule has 4 nitrogen and oxygen atoms in total. The molecule has 0 aromatic heterocycles. The predicted octanol–water partition coefficient (Wildman–Crippen LogP) is 2.08. The van der Waals surface area contributed by atoms with Crippen molar-refractivity contribution in [1.29, 1.82) is 0 Å². The highest BCUT2D eigenvalue weighted by molar-refractivity contribution is 7.99. The molecule has 0 spiro atoms. The fraction of sp³-hybridized carbons (Fsp3) is 0.467. The molecule has 0 radical (unpaired) electrons. The van der Waals surface area contributed by atoms with Crippen LogP contribution in [0.25, 0.3) is 0 Å². The van der Waals surface area contributed by atoms with Crippen molar-refractivity contribution < 1.29 is 18.7 Å². The van der Waals surface area contributed by atoms with E-state index in [4.69, 9.17) is 4.74 Å². The summed E-state index contributed by atoms with van der Waals surface area (Å²) in [5.41, 5.74) is 0.989. The number of carbonyl (C=O) groups excluding carboxylic acids is 2. The lowest BCUT2D eigenvalue weighted by Crippen LogP contribution is -2.31. The summed E-state index contributed by atoms with van der Waals surface area (Å²) in [7, 11) is 1.37. The zero-order chi connectivity index (χ0) is 15.2. The van der Waals surface area contributed by atoms with E-state index >= 15 is 0 Å². The lowest BCUT2D eigenvalue weighted by molar-refractivity contribution is -0.145. The summed E-state index contributed by atoms with van der Waals surface area (Å²) in [5.74, 6) is 0.371. The third-order valence-corrected chi connectivity index (χ3v) is 4.47.